The molecular formula is C20H28OSi. The summed E-state index contributed by atoms with van der Waals surface area (Å²) in [5.74, 6) is 6.02. The van der Waals surface area contributed by atoms with E-state index >= 15 is 0 Å². The molecule has 0 bridgehead atoms. The molecule has 1 rings (SSSR count). The van der Waals surface area contributed by atoms with Crippen molar-refractivity contribution in [2.45, 2.75) is 64.8 Å². The van der Waals surface area contributed by atoms with Gasteiger partial charge in [0.1, 0.15) is 8.07 Å². The van der Waals surface area contributed by atoms with Gasteiger partial charge < -0.3 is 5.11 Å². The van der Waals surface area contributed by atoms with Crippen LogP contribution in [0.2, 0.25) is 16.6 Å². The average molecular weight is 313 g/mol. The first-order chi connectivity index (χ1) is 10.3. The lowest BCUT2D eigenvalue weighted by molar-refractivity contribution is 0.282. The molecule has 0 fully saturated rings. The van der Waals surface area contributed by atoms with Gasteiger partial charge in [-0.15, -0.1) is 12.0 Å². The van der Waals surface area contributed by atoms with Crippen molar-refractivity contribution in [3.05, 3.63) is 34.9 Å². The number of hydrogen-bond acceptors (Lipinski definition) is 1. The van der Waals surface area contributed by atoms with Crippen LogP contribution in [0.5, 0.6) is 0 Å². The second kappa shape index (κ2) is 7.68. The number of rotatable bonds is 4. The minimum Gasteiger partial charge on any atom is -0.392 e. The van der Waals surface area contributed by atoms with Gasteiger partial charge in [-0.2, -0.15) is 0 Å². The van der Waals surface area contributed by atoms with Crippen molar-refractivity contribution in [2.24, 2.45) is 0 Å². The largest absolute Gasteiger partial charge is 0.392 e. The van der Waals surface area contributed by atoms with Gasteiger partial charge >= 0.3 is 0 Å². The molecule has 0 aromatic heterocycles. The topological polar surface area (TPSA) is 20.2 Å². The molecular weight excluding hydrogens is 284 g/mol. The van der Waals surface area contributed by atoms with E-state index in [2.05, 4.69) is 58.9 Å². The first kappa shape index (κ1) is 18.6. The van der Waals surface area contributed by atoms with E-state index < -0.39 is 8.07 Å². The summed E-state index contributed by atoms with van der Waals surface area (Å²) in [7, 11) is -1.74. The lowest BCUT2D eigenvalue weighted by Gasteiger charge is -2.38. The molecule has 0 spiro atoms. The Morgan fingerprint density at radius 3 is 1.86 bits per heavy atom. The third-order valence-corrected chi connectivity index (χ3v) is 10.9. The Kier molecular flexibility index (Phi) is 6.48. The van der Waals surface area contributed by atoms with Crippen LogP contribution in [0.3, 0.4) is 0 Å². The molecule has 0 saturated heterocycles. The Bertz CT molecular complexity index is 587. The first-order valence-corrected chi connectivity index (χ1v) is 10.3. The Labute approximate surface area is 137 Å². The lowest BCUT2D eigenvalue weighted by Crippen LogP contribution is -2.43. The third kappa shape index (κ3) is 3.83. The van der Waals surface area contributed by atoms with Gasteiger partial charge in [0.25, 0.3) is 0 Å². The molecule has 1 nitrogen and oxygen atoms in total. The number of benzene rings is 1. The normalized spacial score (nSPS) is 11.5. The van der Waals surface area contributed by atoms with Gasteiger partial charge in [0.2, 0.25) is 0 Å². The molecule has 118 valence electrons. The van der Waals surface area contributed by atoms with Gasteiger partial charge in [0, 0.05) is 11.1 Å². The maximum Gasteiger partial charge on any atom is 0.146 e. The summed E-state index contributed by atoms with van der Waals surface area (Å²) >= 11 is 0. The molecule has 1 N–H and O–H groups in total. The van der Waals surface area contributed by atoms with Crippen molar-refractivity contribution in [1.29, 1.82) is 0 Å². The summed E-state index contributed by atoms with van der Waals surface area (Å²) in [6.07, 6.45) is 5.50. The molecule has 1 aromatic carbocycles. The fourth-order valence-corrected chi connectivity index (χ4v) is 8.78. The first-order valence-electron chi connectivity index (χ1n) is 8.02. The van der Waals surface area contributed by atoms with E-state index in [1.165, 1.54) is 0 Å². The zero-order valence-electron chi connectivity index (χ0n) is 14.7. The van der Waals surface area contributed by atoms with E-state index in [1.54, 1.807) is 0 Å². The maximum atomic E-state index is 9.37. The molecule has 0 atom stereocenters. The minimum absolute atomic E-state index is 0.00862. The Hall–Kier alpha value is -1.48. The van der Waals surface area contributed by atoms with Gasteiger partial charge in [0.15, 0.2) is 0 Å². The van der Waals surface area contributed by atoms with Gasteiger partial charge in [-0.1, -0.05) is 53.4 Å². The lowest BCUT2D eigenvalue weighted by atomic mass is 10.1. The highest BCUT2D eigenvalue weighted by Crippen LogP contribution is 2.40. The maximum absolute atomic E-state index is 9.37. The van der Waals surface area contributed by atoms with Crippen LogP contribution >= 0.6 is 0 Å². The van der Waals surface area contributed by atoms with Crippen LogP contribution in [-0.4, -0.2) is 13.2 Å². The molecule has 22 heavy (non-hydrogen) atoms. The zero-order chi connectivity index (χ0) is 16.9. The van der Waals surface area contributed by atoms with E-state index in [-0.39, 0.29) is 6.61 Å². The molecule has 0 heterocycles. The molecule has 0 amide bonds. The predicted octanol–water partition coefficient (Wildman–Crippen LogP) is 4.73. The van der Waals surface area contributed by atoms with E-state index in [4.69, 9.17) is 6.42 Å². The Balaban J connectivity index is 3.38. The molecule has 0 aliphatic carbocycles. The molecule has 0 saturated carbocycles. The van der Waals surface area contributed by atoms with Crippen LogP contribution in [0.25, 0.3) is 0 Å². The second-order valence-electron chi connectivity index (χ2n) is 6.87. The van der Waals surface area contributed by atoms with Crippen LogP contribution in [0, 0.1) is 23.8 Å². The fraction of sp³-hybridized carbons (Fsp3) is 0.500. The fourth-order valence-electron chi connectivity index (χ4n) is 3.55. The average Bonchev–Trinajstić information content (AvgIpc) is 2.46. The number of aliphatic hydroxyl groups excluding tert-OH is 1. The second-order valence-corrected chi connectivity index (χ2v) is 12.4. The molecule has 2 heteroatoms. The quantitative estimate of drug-likeness (QED) is 0.629. The van der Waals surface area contributed by atoms with Crippen LogP contribution in [-0.2, 0) is 6.61 Å². The zero-order valence-corrected chi connectivity index (χ0v) is 15.7. The summed E-state index contributed by atoms with van der Waals surface area (Å²) in [5.41, 5.74) is 8.02. The molecule has 1 aromatic rings. The molecule has 0 aliphatic heterocycles. The van der Waals surface area contributed by atoms with E-state index in [1.807, 2.05) is 18.2 Å². The van der Waals surface area contributed by atoms with Crippen LogP contribution in [0.4, 0.5) is 0 Å². The van der Waals surface area contributed by atoms with Gasteiger partial charge in [-0.3, -0.25) is 0 Å². The number of aliphatic hydroxyl groups is 1. The van der Waals surface area contributed by atoms with Crippen molar-refractivity contribution >= 4 is 8.07 Å². The standard InChI is InChI=1S/C20H28OSi/c1-8-18-11-19(13-20(12-18)14-21)9-10-22(15(2)3,16(4)5)17(6)7/h1,11-13,15-17,21H,14H2,2-7H3. The Morgan fingerprint density at radius 2 is 1.45 bits per heavy atom. The van der Waals surface area contributed by atoms with Crippen LogP contribution in [0.15, 0.2) is 18.2 Å². The van der Waals surface area contributed by atoms with Crippen LogP contribution in [0.1, 0.15) is 58.2 Å². The van der Waals surface area contributed by atoms with Gasteiger partial charge in [-0.25, -0.2) is 0 Å². The van der Waals surface area contributed by atoms with E-state index in [9.17, 15) is 5.11 Å². The van der Waals surface area contributed by atoms with E-state index in [0.717, 1.165) is 16.7 Å². The number of terminal acetylenes is 1. The van der Waals surface area contributed by atoms with Crippen molar-refractivity contribution in [1.82, 2.24) is 0 Å². The summed E-state index contributed by atoms with van der Waals surface area (Å²) in [5, 5.41) is 9.37. The van der Waals surface area contributed by atoms with Crippen molar-refractivity contribution < 1.29 is 5.11 Å². The summed E-state index contributed by atoms with van der Waals surface area (Å²) in [6, 6.07) is 5.71. The highest BCUT2D eigenvalue weighted by molar-refractivity contribution is 6.90. The molecule has 0 aliphatic rings. The number of hydrogen-bond donors (Lipinski definition) is 1. The predicted molar refractivity (Wildman–Crippen MR) is 98.2 cm³/mol. The Morgan fingerprint density at radius 1 is 0.955 bits per heavy atom. The smallest absolute Gasteiger partial charge is 0.146 e. The van der Waals surface area contributed by atoms with Gasteiger partial charge in [-0.05, 0) is 40.4 Å². The summed E-state index contributed by atoms with van der Waals surface area (Å²) in [6.45, 7) is 13.8. The van der Waals surface area contributed by atoms with Gasteiger partial charge in [0.05, 0.1) is 6.61 Å². The summed E-state index contributed by atoms with van der Waals surface area (Å²) < 4.78 is 0. The minimum atomic E-state index is -1.74. The molecule has 0 unspecified atom stereocenters. The monoisotopic (exact) mass is 312 g/mol. The SMILES string of the molecule is C#Cc1cc(C#C[Si](C(C)C)(C(C)C)C(C)C)cc(CO)c1. The highest BCUT2D eigenvalue weighted by atomic mass is 28.3. The van der Waals surface area contributed by atoms with Crippen LogP contribution < -0.4 is 0 Å². The van der Waals surface area contributed by atoms with Crippen molar-refractivity contribution in [2.75, 3.05) is 0 Å². The molecule has 0 radical (unpaired) electrons. The third-order valence-electron chi connectivity index (χ3n) is 4.63. The van der Waals surface area contributed by atoms with Crippen molar-refractivity contribution in [3.8, 4) is 23.8 Å². The highest BCUT2D eigenvalue weighted by Gasteiger charge is 2.41. The van der Waals surface area contributed by atoms with Crippen molar-refractivity contribution in [3.63, 3.8) is 0 Å². The van der Waals surface area contributed by atoms with E-state index in [0.29, 0.717) is 16.6 Å². The summed E-state index contributed by atoms with van der Waals surface area (Å²) in [4.78, 5) is 0.